The summed E-state index contributed by atoms with van der Waals surface area (Å²) < 4.78 is 79.4. The molecule has 17 heteroatoms. The maximum Gasteiger partial charge on any atom is 0.410 e. The van der Waals surface area contributed by atoms with Crippen LogP contribution in [0, 0.1) is 12.8 Å². The molecule has 1 unspecified atom stereocenters. The predicted molar refractivity (Wildman–Crippen MR) is 133 cm³/mol. The summed E-state index contributed by atoms with van der Waals surface area (Å²) in [5, 5.41) is 16.4. The number of carbonyl (C=O) groups is 2. The molecular formula is C25H29F5N8O4. The van der Waals surface area contributed by atoms with Gasteiger partial charge in [0.25, 0.3) is 5.91 Å². The Labute approximate surface area is 235 Å². The molecule has 1 saturated heterocycles. The van der Waals surface area contributed by atoms with Crippen LogP contribution in [0.3, 0.4) is 0 Å². The van der Waals surface area contributed by atoms with Crippen molar-refractivity contribution < 1.29 is 40.9 Å². The fourth-order valence-corrected chi connectivity index (χ4v) is 5.33. The normalized spacial score (nSPS) is 21.0. The zero-order chi connectivity index (χ0) is 30.2. The second-order valence-corrected chi connectivity index (χ2v) is 10.5. The molecule has 228 valence electrons. The number of halogens is 5. The Morgan fingerprint density at radius 3 is 2.64 bits per heavy atom. The van der Waals surface area contributed by atoms with Gasteiger partial charge in [-0.25, -0.2) is 27.7 Å². The topological polar surface area (TPSA) is 140 Å². The molecule has 0 bridgehead atoms. The molecule has 2 fully saturated rings. The Balaban J connectivity index is 1.45. The molecule has 3 aromatic rings. The first kappa shape index (κ1) is 29.6. The van der Waals surface area contributed by atoms with Gasteiger partial charge in [-0.1, -0.05) is 5.16 Å². The third-order valence-corrected chi connectivity index (χ3v) is 7.64. The van der Waals surface area contributed by atoms with Crippen LogP contribution in [0.25, 0.3) is 5.65 Å². The monoisotopic (exact) mass is 600 g/mol. The van der Waals surface area contributed by atoms with E-state index in [1.165, 1.54) is 17.6 Å². The second-order valence-electron chi connectivity index (χ2n) is 10.5. The molecule has 12 nitrogen and oxygen atoms in total. The van der Waals surface area contributed by atoms with Gasteiger partial charge in [-0.05, 0) is 43.8 Å². The van der Waals surface area contributed by atoms with Crippen molar-refractivity contribution in [2.75, 3.05) is 19.8 Å². The molecule has 42 heavy (non-hydrogen) atoms. The molecule has 5 rings (SSSR count). The second kappa shape index (κ2) is 11.4. The number of nitrogens with zero attached hydrogens (tertiary/aromatic N) is 6. The molecule has 3 atom stereocenters. The van der Waals surface area contributed by atoms with Gasteiger partial charge in [-0.15, -0.1) is 0 Å². The van der Waals surface area contributed by atoms with Gasteiger partial charge in [0.05, 0.1) is 43.3 Å². The van der Waals surface area contributed by atoms with Crippen LogP contribution in [0.15, 0.2) is 23.1 Å². The van der Waals surface area contributed by atoms with Crippen molar-refractivity contribution in [3.8, 4) is 0 Å². The molecule has 1 saturated carbocycles. The number of aryl methyl sites for hydroxylation is 1. The number of carbonyl (C=O) groups excluding carboxylic acids is 2. The predicted octanol–water partition coefficient (Wildman–Crippen LogP) is 3.75. The van der Waals surface area contributed by atoms with Gasteiger partial charge < -0.3 is 20.3 Å². The van der Waals surface area contributed by atoms with E-state index < -0.39 is 48.7 Å². The van der Waals surface area contributed by atoms with Crippen molar-refractivity contribution >= 4 is 17.6 Å². The lowest BCUT2D eigenvalue weighted by molar-refractivity contribution is -0.150. The summed E-state index contributed by atoms with van der Waals surface area (Å²) in [5.41, 5.74) is 1.20. The fourth-order valence-electron chi connectivity index (χ4n) is 5.33. The number of imidazole rings is 1. The standard InChI is InChI=1S/C25H29F5N8O4/c1-3-41-12-17(37-11-18(25(28,29)30)33-23(37)40)15-8-19-32-16(10-38(19)31-9-15)21(14-4-6-24(26,27)7-5-14)34-22(39)20-13(2)35-42-36-20/h8-10,14,17-18,21H,3-7,11-12H2,1-2H3,(H,33,40)(H,34,39)/t17-,18?,21+/m1/s1. The lowest BCUT2D eigenvalue weighted by Crippen LogP contribution is -2.40. The Kier molecular flexibility index (Phi) is 8.04. The highest BCUT2D eigenvalue weighted by Crippen LogP contribution is 2.41. The van der Waals surface area contributed by atoms with Crippen molar-refractivity contribution in [3.05, 3.63) is 41.1 Å². The first-order valence-electron chi connectivity index (χ1n) is 13.4. The van der Waals surface area contributed by atoms with Gasteiger partial charge in [-0.3, -0.25) is 4.79 Å². The Bertz CT molecular complexity index is 1430. The maximum absolute atomic E-state index is 14.0. The average Bonchev–Trinajstić information content (AvgIpc) is 3.65. The minimum absolute atomic E-state index is 0.0508. The maximum atomic E-state index is 14.0. The number of nitrogens with one attached hydrogen (secondary N) is 2. The molecule has 2 aliphatic rings. The number of hydrogen-bond acceptors (Lipinski definition) is 8. The van der Waals surface area contributed by atoms with E-state index in [0.29, 0.717) is 11.3 Å². The Morgan fingerprint density at radius 1 is 1.29 bits per heavy atom. The summed E-state index contributed by atoms with van der Waals surface area (Å²) in [6.07, 6.45) is -2.12. The van der Waals surface area contributed by atoms with Gasteiger partial charge in [0.15, 0.2) is 11.3 Å². The third kappa shape index (κ3) is 6.15. The summed E-state index contributed by atoms with van der Waals surface area (Å²) in [4.78, 5) is 31.2. The molecular weight excluding hydrogens is 571 g/mol. The minimum atomic E-state index is -4.62. The highest BCUT2D eigenvalue weighted by molar-refractivity contribution is 5.93. The van der Waals surface area contributed by atoms with E-state index in [1.807, 2.05) is 5.32 Å². The van der Waals surface area contributed by atoms with E-state index in [-0.39, 0.29) is 61.8 Å². The van der Waals surface area contributed by atoms with Gasteiger partial charge in [-0.2, -0.15) is 18.3 Å². The average molecular weight is 601 g/mol. The highest BCUT2D eigenvalue weighted by Gasteiger charge is 2.48. The van der Waals surface area contributed by atoms with Crippen LogP contribution in [-0.2, 0) is 4.74 Å². The number of aromatic nitrogens is 5. The third-order valence-electron chi connectivity index (χ3n) is 7.64. The van der Waals surface area contributed by atoms with E-state index in [0.717, 1.165) is 4.90 Å². The molecule has 3 aromatic heterocycles. The van der Waals surface area contributed by atoms with E-state index >= 15 is 0 Å². The highest BCUT2D eigenvalue weighted by atomic mass is 19.4. The van der Waals surface area contributed by atoms with Crippen LogP contribution >= 0.6 is 0 Å². The molecule has 1 aliphatic heterocycles. The van der Waals surface area contributed by atoms with E-state index in [2.05, 4.69) is 30.3 Å². The molecule has 0 aromatic carbocycles. The van der Waals surface area contributed by atoms with E-state index in [4.69, 9.17) is 4.74 Å². The molecule has 3 amide bonds. The lowest BCUT2D eigenvalue weighted by atomic mass is 9.81. The summed E-state index contributed by atoms with van der Waals surface area (Å²) in [6, 6.07) is -3.03. The van der Waals surface area contributed by atoms with Crippen LogP contribution in [0.1, 0.15) is 72.1 Å². The largest absolute Gasteiger partial charge is 0.410 e. The van der Waals surface area contributed by atoms with Crippen LogP contribution in [0.5, 0.6) is 0 Å². The number of ether oxygens (including phenoxy) is 1. The van der Waals surface area contributed by atoms with Crippen molar-refractivity contribution in [2.24, 2.45) is 5.92 Å². The summed E-state index contributed by atoms with van der Waals surface area (Å²) in [6.45, 7) is 2.82. The summed E-state index contributed by atoms with van der Waals surface area (Å²) in [5.74, 6) is -3.79. The lowest BCUT2D eigenvalue weighted by Gasteiger charge is -2.33. The zero-order valence-electron chi connectivity index (χ0n) is 22.7. The summed E-state index contributed by atoms with van der Waals surface area (Å²) in [7, 11) is 0. The Morgan fingerprint density at radius 2 is 2.02 bits per heavy atom. The SMILES string of the molecule is CCOC[C@H](c1cnn2cc([C@@H](NC(=O)c3nonc3C)C3CCC(F)(F)CC3)nc2c1)N1CC(C(F)(F)F)NC1=O. The number of fused-ring (bicyclic) bond motifs is 1. The first-order chi connectivity index (χ1) is 19.9. The van der Waals surface area contributed by atoms with Crippen LogP contribution in [-0.4, -0.2) is 79.6 Å². The summed E-state index contributed by atoms with van der Waals surface area (Å²) >= 11 is 0. The molecule has 0 spiro atoms. The number of alkyl halides is 5. The first-order valence-corrected chi connectivity index (χ1v) is 13.4. The zero-order valence-corrected chi connectivity index (χ0v) is 22.7. The molecule has 1 aliphatic carbocycles. The van der Waals surface area contributed by atoms with Crippen molar-refractivity contribution in [2.45, 2.75) is 69.8 Å². The Hall–Kier alpha value is -3.89. The van der Waals surface area contributed by atoms with Crippen molar-refractivity contribution in [1.29, 1.82) is 0 Å². The van der Waals surface area contributed by atoms with E-state index in [1.54, 1.807) is 19.2 Å². The molecule has 2 N–H and O–H groups in total. The number of rotatable bonds is 9. The minimum Gasteiger partial charge on any atom is -0.379 e. The van der Waals surface area contributed by atoms with E-state index in [9.17, 15) is 31.5 Å². The number of hydrogen-bond donors (Lipinski definition) is 2. The number of amides is 3. The van der Waals surface area contributed by atoms with Crippen LogP contribution in [0.2, 0.25) is 0 Å². The van der Waals surface area contributed by atoms with Crippen molar-refractivity contribution in [3.63, 3.8) is 0 Å². The van der Waals surface area contributed by atoms with Crippen molar-refractivity contribution in [1.82, 2.24) is 40.4 Å². The smallest absolute Gasteiger partial charge is 0.379 e. The van der Waals surface area contributed by atoms with Gasteiger partial charge in [0.1, 0.15) is 11.7 Å². The molecule has 4 heterocycles. The fraction of sp³-hybridized carbons (Fsp3) is 0.600. The molecule has 0 radical (unpaired) electrons. The van der Waals surface area contributed by atoms with Gasteiger partial charge in [0, 0.05) is 25.0 Å². The number of urea groups is 1. The quantitative estimate of drug-likeness (QED) is 0.354. The van der Waals surface area contributed by atoms with Crippen LogP contribution in [0.4, 0.5) is 26.7 Å². The van der Waals surface area contributed by atoms with Gasteiger partial charge in [0.2, 0.25) is 5.92 Å². The van der Waals surface area contributed by atoms with Crippen LogP contribution < -0.4 is 10.6 Å². The van der Waals surface area contributed by atoms with Gasteiger partial charge >= 0.3 is 12.2 Å².